The topological polar surface area (TPSA) is 49.5 Å². The highest BCUT2D eigenvalue weighted by atomic mass is 32.1. The average Bonchev–Trinajstić information content (AvgIpc) is 3.09. The Balaban J connectivity index is 1.69. The summed E-state index contributed by atoms with van der Waals surface area (Å²) in [5, 5.41) is 11.4. The molecule has 5 heteroatoms. The molecule has 2 aromatic rings. The lowest BCUT2D eigenvalue weighted by Gasteiger charge is -2.33. The Hall–Kier alpha value is -1.17. The van der Waals surface area contributed by atoms with Gasteiger partial charge >= 0.3 is 0 Å². The first-order valence-corrected chi connectivity index (χ1v) is 7.58. The van der Waals surface area contributed by atoms with Crippen molar-refractivity contribution < 1.29 is 9.52 Å². The summed E-state index contributed by atoms with van der Waals surface area (Å²) in [5.74, 6) is 0.697. The maximum Gasteiger partial charge on any atom is 0.236 e. The summed E-state index contributed by atoms with van der Waals surface area (Å²) in [4.78, 5) is 7.90. The van der Waals surface area contributed by atoms with Gasteiger partial charge in [0.2, 0.25) is 5.89 Å². The number of aliphatic hydroxyl groups is 1. The summed E-state index contributed by atoms with van der Waals surface area (Å²) in [7, 11) is 0. The number of hydrogen-bond acceptors (Lipinski definition) is 5. The smallest absolute Gasteiger partial charge is 0.236 e. The van der Waals surface area contributed by atoms with E-state index in [9.17, 15) is 5.11 Å². The zero-order valence-electron chi connectivity index (χ0n) is 10.8. The molecule has 1 aliphatic heterocycles. The highest BCUT2D eigenvalue weighted by molar-refractivity contribution is 7.13. The summed E-state index contributed by atoms with van der Waals surface area (Å²) >= 11 is 1.63. The number of aromatic nitrogens is 1. The molecule has 0 aliphatic carbocycles. The number of nitrogens with zero attached hydrogens (tertiary/aromatic N) is 2. The molecule has 3 heterocycles. The molecule has 1 fully saturated rings. The third kappa shape index (κ3) is 2.88. The number of piperidine rings is 1. The molecule has 0 radical (unpaired) electrons. The molecule has 1 atom stereocenters. The fourth-order valence-corrected chi connectivity index (χ4v) is 3.23. The Bertz CT molecular complexity index is 509. The van der Waals surface area contributed by atoms with Gasteiger partial charge in [-0.2, -0.15) is 0 Å². The Morgan fingerprint density at radius 2 is 2.42 bits per heavy atom. The van der Waals surface area contributed by atoms with E-state index in [-0.39, 0.29) is 12.6 Å². The molecule has 1 saturated heterocycles. The van der Waals surface area contributed by atoms with Crippen molar-refractivity contribution in [3.05, 3.63) is 29.5 Å². The van der Waals surface area contributed by atoms with E-state index in [1.165, 1.54) is 12.8 Å². The van der Waals surface area contributed by atoms with Gasteiger partial charge in [0.15, 0.2) is 0 Å². The van der Waals surface area contributed by atoms with E-state index < -0.39 is 0 Å². The first-order valence-electron chi connectivity index (χ1n) is 6.70. The Morgan fingerprint density at radius 3 is 3.21 bits per heavy atom. The third-order valence-electron chi connectivity index (χ3n) is 3.61. The van der Waals surface area contributed by atoms with Gasteiger partial charge in [0.1, 0.15) is 6.26 Å². The summed E-state index contributed by atoms with van der Waals surface area (Å²) in [6.45, 7) is 2.03. The standard InChI is InChI=1S/C14H18N2O2S/c17-9-12-4-1-2-6-16(12)8-11-10-18-14(15-11)13-5-3-7-19-13/h3,5,7,10,12,17H,1-2,4,6,8-9H2/t12-/m1/s1. The van der Waals surface area contributed by atoms with Crippen molar-refractivity contribution >= 4 is 11.3 Å². The molecule has 2 aromatic heterocycles. The van der Waals surface area contributed by atoms with Crippen LogP contribution >= 0.6 is 11.3 Å². The van der Waals surface area contributed by atoms with Crippen LogP contribution < -0.4 is 0 Å². The van der Waals surface area contributed by atoms with E-state index >= 15 is 0 Å². The highest BCUT2D eigenvalue weighted by Gasteiger charge is 2.22. The van der Waals surface area contributed by atoms with Crippen LogP contribution in [0, 0.1) is 0 Å². The number of likely N-dealkylation sites (tertiary alicyclic amines) is 1. The van der Waals surface area contributed by atoms with Crippen molar-refractivity contribution in [2.75, 3.05) is 13.2 Å². The lowest BCUT2D eigenvalue weighted by Crippen LogP contribution is -2.41. The van der Waals surface area contributed by atoms with Crippen LogP contribution in [-0.2, 0) is 6.54 Å². The van der Waals surface area contributed by atoms with Crippen LogP contribution in [0.4, 0.5) is 0 Å². The summed E-state index contributed by atoms with van der Waals surface area (Å²) in [6.07, 6.45) is 5.22. The maximum absolute atomic E-state index is 9.41. The molecule has 1 N–H and O–H groups in total. The van der Waals surface area contributed by atoms with Gasteiger partial charge in [0.05, 0.1) is 17.2 Å². The molecular formula is C14H18N2O2S. The van der Waals surface area contributed by atoms with Crippen LogP contribution in [0.5, 0.6) is 0 Å². The second kappa shape index (κ2) is 5.86. The van der Waals surface area contributed by atoms with Gasteiger partial charge < -0.3 is 9.52 Å². The number of hydrogen-bond donors (Lipinski definition) is 1. The first-order chi connectivity index (χ1) is 9.36. The molecule has 0 amide bonds. The first kappa shape index (κ1) is 12.8. The molecule has 0 saturated carbocycles. The minimum absolute atomic E-state index is 0.232. The Morgan fingerprint density at radius 1 is 1.47 bits per heavy atom. The second-order valence-corrected chi connectivity index (χ2v) is 5.87. The summed E-state index contributed by atoms with van der Waals surface area (Å²) in [5.41, 5.74) is 0.948. The van der Waals surface area contributed by atoms with Crippen LogP contribution in [0.2, 0.25) is 0 Å². The van der Waals surface area contributed by atoms with Crippen molar-refractivity contribution in [1.82, 2.24) is 9.88 Å². The predicted octanol–water partition coefficient (Wildman–Crippen LogP) is 2.75. The number of oxazole rings is 1. The molecule has 19 heavy (non-hydrogen) atoms. The Kier molecular flexibility index (Phi) is 3.96. The van der Waals surface area contributed by atoms with Crippen molar-refractivity contribution in [3.8, 4) is 10.8 Å². The molecule has 1 aliphatic rings. The monoisotopic (exact) mass is 278 g/mol. The number of rotatable bonds is 4. The molecule has 0 spiro atoms. The molecule has 0 aromatic carbocycles. The van der Waals surface area contributed by atoms with E-state index in [0.717, 1.165) is 30.1 Å². The van der Waals surface area contributed by atoms with Crippen molar-refractivity contribution in [2.24, 2.45) is 0 Å². The molecular weight excluding hydrogens is 260 g/mol. The van der Waals surface area contributed by atoms with Gasteiger partial charge in [0.25, 0.3) is 0 Å². The fraction of sp³-hybridized carbons (Fsp3) is 0.500. The van der Waals surface area contributed by atoms with Gasteiger partial charge in [-0.15, -0.1) is 11.3 Å². The zero-order valence-corrected chi connectivity index (χ0v) is 11.6. The van der Waals surface area contributed by atoms with Gasteiger partial charge in [-0.05, 0) is 30.8 Å². The van der Waals surface area contributed by atoms with Gasteiger partial charge in [-0.25, -0.2) is 4.98 Å². The zero-order chi connectivity index (χ0) is 13.1. The quantitative estimate of drug-likeness (QED) is 0.934. The maximum atomic E-state index is 9.41. The highest BCUT2D eigenvalue weighted by Crippen LogP contribution is 2.25. The minimum Gasteiger partial charge on any atom is -0.444 e. The largest absolute Gasteiger partial charge is 0.444 e. The minimum atomic E-state index is 0.232. The van der Waals surface area contributed by atoms with Crippen LogP contribution in [0.1, 0.15) is 25.0 Å². The summed E-state index contributed by atoms with van der Waals surface area (Å²) in [6, 6.07) is 4.28. The molecule has 3 rings (SSSR count). The van der Waals surface area contributed by atoms with Crippen LogP contribution in [0.3, 0.4) is 0 Å². The van der Waals surface area contributed by atoms with Gasteiger partial charge in [-0.3, -0.25) is 4.90 Å². The van der Waals surface area contributed by atoms with Crippen molar-refractivity contribution in [2.45, 2.75) is 31.8 Å². The fourth-order valence-electron chi connectivity index (χ4n) is 2.58. The average molecular weight is 278 g/mol. The molecule has 0 unspecified atom stereocenters. The van der Waals surface area contributed by atoms with E-state index in [1.807, 2.05) is 17.5 Å². The number of thiophene rings is 1. The lowest BCUT2D eigenvalue weighted by atomic mass is 10.0. The van der Waals surface area contributed by atoms with Crippen LogP contribution in [0.25, 0.3) is 10.8 Å². The van der Waals surface area contributed by atoms with Crippen LogP contribution in [-0.4, -0.2) is 34.2 Å². The summed E-state index contributed by atoms with van der Waals surface area (Å²) < 4.78 is 5.53. The van der Waals surface area contributed by atoms with Crippen molar-refractivity contribution in [1.29, 1.82) is 0 Å². The van der Waals surface area contributed by atoms with E-state index in [0.29, 0.717) is 5.89 Å². The van der Waals surface area contributed by atoms with Gasteiger partial charge in [-0.1, -0.05) is 12.5 Å². The Labute approximate surface area is 116 Å². The lowest BCUT2D eigenvalue weighted by molar-refractivity contribution is 0.0830. The van der Waals surface area contributed by atoms with E-state index in [4.69, 9.17) is 4.42 Å². The molecule has 102 valence electrons. The van der Waals surface area contributed by atoms with Gasteiger partial charge in [0, 0.05) is 12.6 Å². The van der Waals surface area contributed by atoms with E-state index in [2.05, 4.69) is 9.88 Å². The second-order valence-electron chi connectivity index (χ2n) is 4.92. The van der Waals surface area contributed by atoms with Crippen LogP contribution in [0.15, 0.2) is 28.2 Å². The predicted molar refractivity (Wildman–Crippen MR) is 75.0 cm³/mol. The number of aliphatic hydroxyl groups excluding tert-OH is 1. The van der Waals surface area contributed by atoms with Crippen molar-refractivity contribution in [3.63, 3.8) is 0 Å². The third-order valence-corrected chi connectivity index (χ3v) is 4.47. The SMILES string of the molecule is OC[C@H]1CCCCN1Cc1coc(-c2cccs2)n1. The molecule has 0 bridgehead atoms. The van der Waals surface area contributed by atoms with E-state index in [1.54, 1.807) is 17.6 Å². The molecule has 4 nitrogen and oxygen atoms in total. The normalized spacial score (nSPS) is 20.8.